The molecule has 1 fully saturated rings. The van der Waals surface area contributed by atoms with Crippen molar-refractivity contribution in [3.05, 3.63) is 29.8 Å². The number of sulfone groups is 1. The molecule has 0 aromatic heterocycles. The Morgan fingerprint density at radius 3 is 2.15 bits per heavy atom. The predicted octanol–water partition coefficient (Wildman–Crippen LogP) is 1.82. The van der Waals surface area contributed by atoms with Crippen molar-refractivity contribution >= 4 is 15.7 Å². The first-order valence-electron chi connectivity index (χ1n) is 9.21. The molecule has 0 aliphatic carbocycles. The van der Waals surface area contributed by atoms with E-state index in [4.69, 9.17) is 0 Å². The molecule has 0 radical (unpaired) electrons. The third kappa shape index (κ3) is 7.43. The predicted molar refractivity (Wildman–Crippen MR) is 106 cm³/mol. The molecule has 7 heteroatoms. The zero-order valence-electron chi connectivity index (χ0n) is 16.4. The van der Waals surface area contributed by atoms with Gasteiger partial charge in [0.2, 0.25) is 5.91 Å². The molecule has 6 nitrogen and oxygen atoms in total. The molecule has 1 aromatic rings. The molecule has 1 aliphatic heterocycles. The quantitative estimate of drug-likeness (QED) is 0.806. The zero-order chi connectivity index (χ0) is 18.9. The van der Waals surface area contributed by atoms with E-state index in [0.29, 0.717) is 12.5 Å². The molecule has 3 N–H and O–H groups in total. The van der Waals surface area contributed by atoms with Crippen LogP contribution in [0.15, 0.2) is 29.2 Å². The number of piperidine rings is 1. The normalized spacial score (nSPS) is 14.6. The summed E-state index contributed by atoms with van der Waals surface area (Å²) in [5, 5.41) is 3.33. The zero-order valence-corrected chi connectivity index (χ0v) is 17.2. The first-order chi connectivity index (χ1) is 11.9. The topological polar surface area (TPSA) is 98.0 Å². The van der Waals surface area contributed by atoms with Crippen LogP contribution in [0, 0.1) is 0 Å². The molecular formula is C19H34N2O4S. The van der Waals surface area contributed by atoms with Gasteiger partial charge in [-0.2, -0.15) is 0 Å². The number of nitrogens with zero attached hydrogens (tertiary/aromatic N) is 1. The van der Waals surface area contributed by atoms with Crippen LogP contribution in [0.4, 0.5) is 0 Å². The number of carbonyl (C=O) groups excluding carboxylic acids is 1. The van der Waals surface area contributed by atoms with Crippen LogP contribution in [0.3, 0.4) is 0 Å². The van der Waals surface area contributed by atoms with Crippen molar-refractivity contribution in [3.8, 4) is 0 Å². The minimum absolute atomic E-state index is 0. The molecule has 0 bridgehead atoms. The SMILES string of the molecule is CC.CCCN(C(=O)Cc1ccc(S(C)(=O)=O)cc1)C1CCNCC1.O. The molecule has 1 aromatic carbocycles. The number of hydrogen-bond donors (Lipinski definition) is 1. The summed E-state index contributed by atoms with van der Waals surface area (Å²) in [6, 6.07) is 6.94. The van der Waals surface area contributed by atoms with Crippen LogP contribution in [0.2, 0.25) is 0 Å². The molecule has 1 heterocycles. The Kier molecular flexibility index (Phi) is 11.4. The number of hydrogen-bond acceptors (Lipinski definition) is 4. The van der Waals surface area contributed by atoms with Crippen molar-refractivity contribution in [1.29, 1.82) is 0 Å². The van der Waals surface area contributed by atoms with Crippen molar-refractivity contribution in [2.75, 3.05) is 25.9 Å². The molecule has 2 rings (SSSR count). The van der Waals surface area contributed by atoms with Crippen LogP contribution in [0.5, 0.6) is 0 Å². The molecule has 1 aliphatic rings. The van der Waals surface area contributed by atoms with E-state index in [0.717, 1.165) is 44.5 Å². The second kappa shape index (κ2) is 12.0. The van der Waals surface area contributed by atoms with E-state index in [1.807, 2.05) is 18.7 Å². The Balaban J connectivity index is 0.00000201. The second-order valence-corrected chi connectivity index (χ2v) is 8.18. The number of benzene rings is 1. The van der Waals surface area contributed by atoms with E-state index < -0.39 is 9.84 Å². The summed E-state index contributed by atoms with van der Waals surface area (Å²) in [6.45, 7) is 8.79. The summed E-state index contributed by atoms with van der Waals surface area (Å²) in [6.07, 6.45) is 4.46. The third-order valence-electron chi connectivity index (χ3n) is 4.24. The van der Waals surface area contributed by atoms with Crippen molar-refractivity contribution in [3.63, 3.8) is 0 Å². The second-order valence-electron chi connectivity index (χ2n) is 6.16. The minimum atomic E-state index is -3.19. The molecule has 0 unspecified atom stereocenters. The van der Waals surface area contributed by atoms with Gasteiger partial charge in [-0.1, -0.05) is 32.9 Å². The highest BCUT2D eigenvalue weighted by Crippen LogP contribution is 2.16. The Labute approximate surface area is 158 Å². The highest BCUT2D eigenvalue weighted by molar-refractivity contribution is 7.90. The Hall–Kier alpha value is -1.44. The van der Waals surface area contributed by atoms with Crippen LogP contribution in [0.1, 0.15) is 45.6 Å². The van der Waals surface area contributed by atoms with Crippen molar-refractivity contribution in [2.45, 2.75) is 57.4 Å². The van der Waals surface area contributed by atoms with E-state index in [1.165, 1.54) is 6.26 Å². The van der Waals surface area contributed by atoms with Crippen LogP contribution in [-0.4, -0.2) is 56.6 Å². The summed E-state index contributed by atoms with van der Waals surface area (Å²) in [4.78, 5) is 15.0. The summed E-state index contributed by atoms with van der Waals surface area (Å²) in [5.41, 5.74) is 0.859. The van der Waals surface area contributed by atoms with Gasteiger partial charge in [-0.05, 0) is 50.0 Å². The summed E-state index contributed by atoms with van der Waals surface area (Å²) >= 11 is 0. The number of nitrogens with one attached hydrogen (secondary N) is 1. The van der Waals surface area contributed by atoms with Crippen LogP contribution in [-0.2, 0) is 21.1 Å². The molecule has 26 heavy (non-hydrogen) atoms. The fourth-order valence-corrected chi connectivity index (χ4v) is 3.63. The number of rotatable bonds is 6. The summed E-state index contributed by atoms with van der Waals surface area (Å²) in [5.74, 6) is 0.130. The smallest absolute Gasteiger partial charge is 0.227 e. The van der Waals surface area contributed by atoms with Crippen molar-refractivity contribution in [1.82, 2.24) is 10.2 Å². The third-order valence-corrected chi connectivity index (χ3v) is 5.37. The van der Waals surface area contributed by atoms with E-state index >= 15 is 0 Å². The Bertz CT molecular complexity index is 623. The highest BCUT2D eigenvalue weighted by atomic mass is 32.2. The molecule has 0 saturated carbocycles. The molecular weight excluding hydrogens is 352 g/mol. The largest absolute Gasteiger partial charge is 0.412 e. The van der Waals surface area contributed by atoms with Gasteiger partial charge in [0.15, 0.2) is 9.84 Å². The van der Waals surface area contributed by atoms with Gasteiger partial charge in [0.05, 0.1) is 11.3 Å². The first kappa shape index (κ1) is 24.6. The lowest BCUT2D eigenvalue weighted by Gasteiger charge is -2.34. The van der Waals surface area contributed by atoms with Crippen molar-refractivity contribution in [2.24, 2.45) is 0 Å². The maximum Gasteiger partial charge on any atom is 0.227 e. The maximum absolute atomic E-state index is 12.7. The highest BCUT2D eigenvalue weighted by Gasteiger charge is 2.24. The van der Waals surface area contributed by atoms with E-state index in [9.17, 15) is 13.2 Å². The summed E-state index contributed by atoms with van der Waals surface area (Å²) in [7, 11) is -3.19. The van der Waals surface area contributed by atoms with Crippen LogP contribution in [0.25, 0.3) is 0 Å². The molecule has 0 spiro atoms. The van der Waals surface area contributed by atoms with Gasteiger partial charge in [-0.25, -0.2) is 8.42 Å². The average Bonchev–Trinajstić information content (AvgIpc) is 2.61. The minimum Gasteiger partial charge on any atom is -0.412 e. The maximum atomic E-state index is 12.7. The molecule has 1 amide bonds. The fraction of sp³-hybridized carbons (Fsp3) is 0.632. The van der Waals surface area contributed by atoms with Crippen LogP contribution >= 0.6 is 0 Å². The van der Waals surface area contributed by atoms with E-state index in [2.05, 4.69) is 12.2 Å². The lowest BCUT2D eigenvalue weighted by atomic mass is 10.0. The van der Waals surface area contributed by atoms with Gasteiger partial charge < -0.3 is 15.7 Å². The lowest BCUT2D eigenvalue weighted by Crippen LogP contribution is -2.47. The van der Waals surface area contributed by atoms with E-state index in [-0.39, 0.29) is 16.3 Å². The molecule has 1 saturated heterocycles. The van der Waals surface area contributed by atoms with Gasteiger partial charge in [0.25, 0.3) is 0 Å². The fourth-order valence-electron chi connectivity index (χ4n) is 3.00. The Morgan fingerprint density at radius 1 is 1.15 bits per heavy atom. The number of amides is 1. The van der Waals surface area contributed by atoms with Crippen LogP contribution < -0.4 is 5.32 Å². The average molecular weight is 387 g/mol. The van der Waals surface area contributed by atoms with Gasteiger partial charge in [0.1, 0.15) is 0 Å². The molecule has 0 atom stereocenters. The van der Waals surface area contributed by atoms with E-state index in [1.54, 1.807) is 24.3 Å². The van der Waals surface area contributed by atoms with Gasteiger partial charge in [0, 0.05) is 18.8 Å². The monoisotopic (exact) mass is 386 g/mol. The standard InChI is InChI=1S/C17H26N2O3S.C2H6.H2O/c1-3-12-19(15-8-10-18-11-9-15)17(20)13-14-4-6-16(7-5-14)23(2,21)22;1-2;/h4-7,15,18H,3,8-13H2,1-2H3;1-2H3;1H2. The van der Waals surface area contributed by atoms with Crippen molar-refractivity contribution < 1.29 is 18.7 Å². The Morgan fingerprint density at radius 2 is 1.69 bits per heavy atom. The number of carbonyl (C=O) groups is 1. The lowest BCUT2D eigenvalue weighted by molar-refractivity contribution is -0.133. The van der Waals surface area contributed by atoms with Gasteiger partial charge in [-0.3, -0.25) is 4.79 Å². The van der Waals surface area contributed by atoms with Gasteiger partial charge >= 0.3 is 0 Å². The first-order valence-corrected chi connectivity index (χ1v) is 11.1. The molecule has 150 valence electrons. The van der Waals surface area contributed by atoms with Gasteiger partial charge in [-0.15, -0.1) is 0 Å². The summed E-state index contributed by atoms with van der Waals surface area (Å²) < 4.78 is 23.0.